The van der Waals surface area contributed by atoms with E-state index in [-0.39, 0.29) is 12.0 Å². The first-order valence-corrected chi connectivity index (χ1v) is 3.65. The average molecular weight is 169 g/mol. The molecule has 0 aromatic carbocycles. The first-order chi connectivity index (χ1) is 5.74. The molecule has 5 nitrogen and oxygen atoms in total. The van der Waals surface area contributed by atoms with Crippen molar-refractivity contribution in [1.29, 1.82) is 0 Å². The van der Waals surface area contributed by atoms with Crippen molar-refractivity contribution < 1.29 is 9.53 Å². The van der Waals surface area contributed by atoms with E-state index in [0.717, 1.165) is 0 Å². The molecule has 0 saturated carbocycles. The van der Waals surface area contributed by atoms with Crippen molar-refractivity contribution in [3.05, 3.63) is 12.7 Å². The first-order valence-electron chi connectivity index (χ1n) is 3.65. The van der Waals surface area contributed by atoms with Gasteiger partial charge in [0.2, 0.25) is 0 Å². The summed E-state index contributed by atoms with van der Waals surface area (Å²) in [5.41, 5.74) is 0. The Morgan fingerprint density at radius 3 is 3.00 bits per heavy atom. The number of aromatic nitrogens is 3. The third kappa shape index (κ3) is 2.05. The first kappa shape index (κ1) is 8.70. The maximum atomic E-state index is 10.8. The average Bonchev–Trinajstić information content (AvgIpc) is 2.56. The highest BCUT2D eigenvalue weighted by Gasteiger charge is 2.10. The topological polar surface area (TPSA) is 57.0 Å². The minimum absolute atomic E-state index is 0.0000463. The van der Waals surface area contributed by atoms with Crippen LogP contribution in [0.4, 0.5) is 0 Å². The van der Waals surface area contributed by atoms with Crippen LogP contribution >= 0.6 is 0 Å². The molecule has 0 bridgehead atoms. The summed E-state index contributed by atoms with van der Waals surface area (Å²) in [6, 6.07) is -0.0000463. The molecule has 0 unspecified atom stereocenters. The molecular formula is C7H11N3O2. The predicted molar refractivity (Wildman–Crippen MR) is 41.4 cm³/mol. The molecule has 0 aliphatic heterocycles. The molecular weight excluding hydrogens is 158 g/mol. The van der Waals surface area contributed by atoms with Gasteiger partial charge in [0.05, 0.1) is 19.6 Å². The number of nitrogens with zero attached hydrogens (tertiary/aromatic N) is 3. The molecule has 1 rings (SSSR count). The number of esters is 1. The zero-order valence-corrected chi connectivity index (χ0v) is 7.10. The standard InChI is InChI=1S/C7H11N3O2/c1-6(3-7(11)12-2)10-5-8-4-9-10/h4-6H,3H2,1-2H3/t6-/m0/s1. The molecule has 0 radical (unpaired) electrons. The number of rotatable bonds is 3. The minimum atomic E-state index is -0.238. The normalized spacial score (nSPS) is 12.5. The Labute approximate surface area is 70.4 Å². The quantitative estimate of drug-likeness (QED) is 0.614. The Balaban J connectivity index is 2.49. The highest BCUT2D eigenvalue weighted by atomic mass is 16.5. The Hall–Kier alpha value is -1.39. The molecule has 0 fully saturated rings. The summed E-state index contributed by atoms with van der Waals surface area (Å²) in [4.78, 5) is 14.6. The zero-order valence-electron chi connectivity index (χ0n) is 7.10. The zero-order chi connectivity index (χ0) is 8.97. The Kier molecular flexibility index (Phi) is 2.79. The van der Waals surface area contributed by atoms with Gasteiger partial charge < -0.3 is 4.74 Å². The highest BCUT2D eigenvalue weighted by molar-refractivity contribution is 5.69. The molecule has 5 heteroatoms. The second-order valence-electron chi connectivity index (χ2n) is 2.50. The van der Waals surface area contributed by atoms with Gasteiger partial charge >= 0.3 is 5.97 Å². The van der Waals surface area contributed by atoms with Crippen molar-refractivity contribution in [2.45, 2.75) is 19.4 Å². The van der Waals surface area contributed by atoms with Gasteiger partial charge in [-0.3, -0.25) is 4.79 Å². The Bertz CT molecular complexity index is 245. The van der Waals surface area contributed by atoms with Gasteiger partial charge in [0.1, 0.15) is 12.7 Å². The summed E-state index contributed by atoms with van der Waals surface area (Å²) in [7, 11) is 1.37. The summed E-state index contributed by atoms with van der Waals surface area (Å²) in [5, 5.41) is 3.90. The monoisotopic (exact) mass is 169 g/mol. The highest BCUT2D eigenvalue weighted by Crippen LogP contribution is 2.07. The van der Waals surface area contributed by atoms with Crippen molar-refractivity contribution in [2.75, 3.05) is 7.11 Å². The fourth-order valence-electron chi connectivity index (χ4n) is 0.863. The summed E-state index contributed by atoms with van der Waals surface area (Å²) < 4.78 is 6.14. The van der Waals surface area contributed by atoms with Crippen LogP contribution in [0.5, 0.6) is 0 Å². The van der Waals surface area contributed by atoms with Crippen molar-refractivity contribution >= 4 is 5.97 Å². The fourth-order valence-corrected chi connectivity index (χ4v) is 0.863. The van der Waals surface area contributed by atoms with Crippen LogP contribution in [0.3, 0.4) is 0 Å². The van der Waals surface area contributed by atoms with Crippen molar-refractivity contribution in [1.82, 2.24) is 14.8 Å². The number of hydrogen-bond donors (Lipinski definition) is 0. The van der Waals surface area contributed by atoms with E-state index in [0.29, 0.717) is 6.42 Å². The van der Waals surface area contributed by atoms with E-state index in [1.165, 1.54) is 13.4 Å². The number of ether oxygens (including phenoxy) is 1. The van der Waals surface area contributed by atoms with E-state index in [9.17, 15) is 4.79 Å². The van der Waals surface area contributed by atoms with Gasteiger partial charge in [-0.15, -0.1) is 0 Å². The Morgan fingerprint density at radius 2 is 2.50 bits per heavy atom. The van der Waals surface area contributed by atoms with Crippen LogP contribution in [0.1, 0.15) is 19.4 Å². The smallest absolute Gasteiger partial charge is 0.307 e. The van der Waals surface area contributed by atoms with E-state index >= 15 is 0 Å². The third-order valence-corrected chi connectivity index (χ3v) is 1.58. The number of carbonyl (C=O) groups is 1. The van der Waals surface area contributed by atoms with Gasteiger partial charge in [-0.25, -0.2) is 9.67 Å². The summed E-state index contributed by atoms with van der Waals surface area (Å²) in [5.74, 6) is -0.238. The summed E-state index contributed by atoms with van der Waals surface area (Å²) in [6.45, 7) is 1.88. The molecule has 1 aromatic rings. The maximum Gasteiger partial charge on any atom is 0.307 e. The van der Waals surface area contributed by atoms with E-state index < -0.39 is 0 Å². The van der Waals surface area contributed by atoms with E-state index in [1.54, 1.807) is 11.0 Å². The molecule has 0 saturated heterocycles. The third-order valence-electron chi connectivity index (χ3n) is 1.58. The van der Waals surface area contributed by atoms with E-state index in [1.807, 2.05) is 6.92 Å². The molecule has 0 amide bonds. The second kappa shape index (κ2) is 3.85. The van der Waals surface area contributed by atoms with E-state index in [4.69, 9.17) is 0 Å². The van der Waals surface area contributed by atoms with Gasteiger partial charge in [-0.2, -0.15) is 5.10 Å². The van der Waals surface area contributed by atoms with Gasteiger partial charge in [-0.1, -0.05) is 0 Å². The van der Waals surface area contributed by atoms with Crippen molar-refractivity contribution in [2.24, 2.45) is 0 Å². The molecule has 1 heterocycles. The lowest BCUT2D eigenvalue weighted by Crippen LogP contribution is -2.12. The molecule has 12 heavy (non-hydrogen) atoms. The van der Waals surface area contributed by atoms with Crippen LogP contribution in [-0.4, -0.2) is 27.8 Å². The van der Waals surface area contributed by atoms with Gasteiger partial charge in [0.25, 0.3) is 0 Å². The SMILES string of the molecule is COC(=O)C[C@H](C)n1cncn1. The maximum absolute atomic E-state index is 10.8. The van der Waals surface area contributed by atoms with Crippen LogP contribution in [0.15, 0.2) is 12.7 Å². The summed E-state index contributed by atoms with van der Waals surface area (Å²) >= 11 is 0. The largest absolute Gasteiger partial charge is 0.469 e. The van der Waals surface area contributed by atoms with Gasteiger partial charge in [0, 0.05) is 0 Å². The molecule has 0 aliphatic carbocycles. The number of carbonyl (C=O) groups excluding carboxylic acids is 1. The van der Waals surface area contributed by atoms with Crippen LogP contribution in [0.2, 0.25) is 0 Å². The Morgan fingerprint density at radius 1 is 1.75 bits per heavy atom. The molecule has 1 aromatic heterocycles. The van der Waals surface area contributed by atoms with Gasteiger partial charge in [0.15, 0.2) is 0 Å². The molecule has 1 atom stereocenters. The van der Waals surface area contributed by atoms with Crippen LogP contribution in [0.25, 0.3) is 0 Å². The lowest BCUT2D eigenvalue weighted by atomic mass is 10.2. The molecule has 0 aliphatic rings. The summed E-state index contributed by atoms with van der Waals surface area (Å²) in [6.07, 6.45) is 3.33. The predicted octanol–water partition coefficient (Wildman–Crippen LogP) is 0.402. The lowest BCUT2D eigenvalue weighted by molar-refractivity contribution is -0.141. The van der Waals surface area contributed by atoms with Gasteiger partial charge in [-0.05, 0) is 6.92 Å². The van der Waals surface area contributed by atoms with Crippen LogP contribution in [0, 0.1) is 0 Å². The van der Waals surface area contributed by atoms with Crippen molar-refractivity contribution in [3.8, 4) is 0 Å². The van der Waals surface area contributed by atoms with Crippen LogP contribution in [-0.2, 0) is 9.53 Å². The molecule has 0 N–H and O–H groups in total. The van der Waals surface area contributed by atoms with Crippen molar-refractivity contribution in [3.63, 3.8) is 0 Å². The number of methoxy groups -OCH3 is 1. The minimum Gasteiger partial charge on any atom is -0.469 e. The lowest BCUT2D eigenvalue weighted by Gasteiger charge is -2.08. The second-order valence-corrected chi connectivity index (χ2v) is 2.50. The fraction of sp³-hybridized carbons (Fsp3) is 0.571. The van der Waals surface area contributed by atoms with E-state index in [2.05, 4.69) is 14.8 Å². The number of hydrogen-bond acceptors (Lipinski definition) is 4. The van der Waals surface area contributed by atoms with Crippen LogP contribution < -0.4 is 0 Å². The molecule has 66 valence electrons. The molecule has 0 spiro atoms.